The molecule has 0 saturated carbocycles. The number of carboxylic acid groups (broad SMARTS) is 1. The van der Waals surface area contributed by atoms with Gasteiger partial charge in [0.2, 0.25) is 11.7 Å². The molecule has 4 aromatic rings. The van der Waals surface area contributed by atoms with Crippen LogP contribution < -0.4 is 4.90 Å². The fraction of sp³-hybridized carbons (Fsp3) is 0.185. The zero-order valence-electron chi connectivity index (χ0n) is 20.6. The van der Waals surface area contributed by atoms with Gasteiger partial charge in [0.25, 0.3) is 5.91 Å². The highest BCUT2D eigenvalue weighted by atomic mass is 19.4. The van der Waals surface area contributed by atoms with Gasteiger partial charge in [0.15, 0.2) is 0 Å². The van der Waals surface area contributed by atoms with Crippen molar-refractivity contribution in [3.63, 3.8) is 0 Å². The second kappa shape index (κ2) is 9.15. The number of fused-ring (bicyclic) bond motifs is 2. The summed E-state index contributed by atoms with van der Waals surface area (Å²) in [7, 11) is 2.84. The predicted octanol–water partition coefficient (Wildman–Crippen LogP) is 4.65. The number of carbonyl (C=O) groups excluding carboxylic acids is 2. The lowest BCUT2D eigenvalue weighted by atomic mass is 9.92. The lowest BCUT2D eigenvalue weighted by molar-refractivity contribution is -0.222. The van der Waals surface area contributed by atoms with Crippen LogP contribution in [0.4, 0.5) is 23.9 Å². The standard InChI is InChI=1S/C27H21F3N4O5/c1-32-21-14-17(12-13-20(21)31-24(32)33(2)25(37)38)26(39-23(36)27(28,29)30)19-11-7-6-10-18(19)22(35)34(26)15-16-8-4-3-5-9-16/h3-14H,15H2,1-2H3,(H,37,38). The molecule has 1 unspecified atom stereocenters. The van der Waals surface area contributed by atoms with Crippen molar-refractivity contribution in [3.05, 3.63) is 95.1 Å². The van der Waals surface area contributed by atoms with Gasteiger partial charge in [-0.05, 0) is 23.8 Å². The van der Waals surface area contributed by atoms with Crippen molar-refractivity contribution >= 4 is 35.0 Å². The molecule has 1 atom stereocenters. The summed E-state index contributed by atoms with van der Waals surface area (Å²) in [5.41, 5.74) is -0.809. The largest absolute Gasteiger partial charge is 0.491 e. The molecule has 0 radical (unpaired) electrons. The van der Waals surface area contributed by atoms with Gasteiger partial charge in [-0.25, -0.2) is 14.6 Å². The number of alkyl halides is 3. The third-order valence-electron chi connectivity index (χ3n) is 6.64. The van der Waals surface area contributed by atoms with Crippen LogP contribution in [0.3, 0.4) is 0 Å². The fourth-order valence-electron chi connectivity index (χ4n) is 4.79. The maximum absolute atomic E-state index is 13.7. The maximum Gasteiger partial charge on any atom is 0.491 e. The van der Waals surface area contributed by atoms with Crippen LogP contribution in [0.2, 0.25) is 0 Å². The number of nitrogens with zero attached hydrogens (tertiary/aromatic N) is 4. The normalized spacial score (nSPS) is 16.8. The Kier molecular flexibility index (Phi) is 6.05. The molecule has 200 valence electrons. The molecule has 39 heavy (non-hydrogen) atoms. The molecule has 1 aliphatic rings. The molecule has 5 rings (SSSR count). The molecule has 1 N–H and O–H groups in total. The number of aromatic nitrogens is 2. The van der Waals surface area contributed by atoms with E-state index in [9.17, 15) is 32.7 Å². The first-order chi connectivity index (χ1) is 18.4. The van der Waals surface area contributed by atoms with E-state index in [0.29, 0.717) is 16.6 Å². The molecular weight excluding hydrogens is 517 g/mol. The van der Waals surface area contributed by atoms with Gasteiger partial charge >= 0.3 is 18.2 Å². The second-order valence-corrected chi connectivity index (χ2v) is 8.97. The van der Waals surface area contributed by atoms with Crippen molar-refractivity contribution in [1.82, 2.24) is 14.5 Å². The van der Waals surface area contributed by atoms with Crippen LogP contribution in [-0.4, -0.2) is 50.8 Å². The number of esters is 1. The summed E-state index contributed by atoms with van der Waals surface area (Å²) in [6.07, 6.45) is -6.62. The van der Waals surface area contributed by atoms with Crippen molar-refractivity contribution in [1.29, 1.82) is 0 Å². The first-order valence-electron chi connectivity index (χ1n) is 11.6. The summed E-state index contributed by atoms with van der Waals surface area (Å²) in [4.78, 5) is 43.9. The van der Waals surface area contributed by atoms with Crippen LogP contribution in [0.5, 0.6) is 0 Å². The molecular formula is C27H21F3N4O5. The molecule has 0 spiro atoms. The van der Waals surface area contributed by atoms with E-state index in [1.165, 1.54) is 55.1 Å². The molecule has 3 aromatic carbocycles. The van der Waals surface area contributed by atoms with E-state index in [4.69, 9.17) is 4.74 Å². The van der Waals surface area contributed by atoms with Gasteiger partial charge < -0.3 is 14.4 Å². The number of hydrogen-bond donors (Lipinski definition) is 1. The lowest BCUT2D eigenvalue weighted by Crippen LogP contribution is -2.49. The van der Waals surface area contributed by atoms with E-state index in [2.05, 4.69) is 4.98 Å². The van der Waals surface area contributed by atoms with Crippen LogP contribution >= 0.6 is 0 Å². The minimum absolute atomic E-state index is 0.0503. The third kappa shape index (κ3) is 4.13. The van der Waals surface area contributed by atoms with Gasteiger partial charge in [-0.3, -0.25) is 14.6 Å². The monoisotopic (exact) mass is 538 g/mol. The van der Waals surface area contributed by atoms with Gasteiger partial charge in [-0.15, -0.1) is 0 Å². The minimum atomic E-state index is -5.35. The molecule has 1 aromatic heterocycles. The number of imidazole rings is 1. The van der Waals surface area contributed by atoms with Gasteiger partial charge in [0.1, 0.15) is 0 Å². The van der Waals surface area contributed by atoms with Gasteiger partial charge in [-0.2, -0.15) is 13.2 Å². The quantitative estimate of drug-likeness (QED) is 0.371. The Balaban J connectivity index is 1.78. The smallest absolute Gasteiger partial charge is 0.465 e. The van der Waals surface area contributed by atoms with Crippen LogP contribution in [-0.2, 0) is 28.8 Å². The van der Waals surface area contributed by atoms with E-state index in [1.807, 2.05) is 0 Å². The molecule has 12 heteroatoms. The summed E-state index contributed by atoms with van der Waals surface area (Å²) in [6.45, 7) is -0.171. The van der Waals surface area contributed by atoms with Crippen molar-refractivity contribution in [2.24, 2.45) is 7.05 Å². The highest BCUT2D eigenvalue weighted by molar-refractivity contribution is 6.01. The van der Waals surface area contributed by atoms with Gasteiger partial charge in [0.05, 0.1) is 17.6 Å². The lowest BCUT2D eigenvalue weighted by Gasteiger charge is -2.39. The highest BCUT2D eigenvalue weighted by Crippen LogP contribution is 2.47. The van der Waals surface area contributed by atoms with E-state index in [0.717, 1.165) is 9.80 Å². The van der Waals surface area contributed by atoms with Crippen molar-refractivity contribution in [2.45, 2.75) is 18.4 Å². The zero-order chi connectivity index (χ0) is 28.1. The maximum atomic E-state index is 13.7. The first-order valence-corrected chi connectivity index (χ1v) is 11.6. The average Bonchev–Trinajstić information content (AvgIpc) is 3.36. The van der Waals surface area contributed by atoms with E-state index in [1.54, 1.807) is 36.4 Å². The molecule has 2 amide bonds. The average molecular weight is 538 g/mol. The van der Waals surface area contributed by atoms with Crippen LogP contribution in [0.1, 0.15) is 27.0 Å². The van der Waals surface area contributed by atoms with Crippen molar-refractivity contribution in [3.8, 4) is 0 Å². The third-order valence-corrected chi connectivity index (χ3v) is 6.64. The molecule has 0 bridgehead atoms. The van der Waals surface area contributed by atoms with Crippen molar-refractivity contribution in [2.75, 3.05) is 11.9 Å². The van der Waals surface area contributed by atoms with E-state index in [-0.39, 0.29) is 29.2 Å². The van der Waals surface area contributed by atoms with E-state index >= 15 is 0 Å². The number of ether oxygens (including phenoxy) is 1. The number of aryl methyl sites for hydroxylation is 1. The van der Waals surface area contributed by atoms with Gasteiger partial charge in [0, 0.05) is 30.8 Å². The Morgan fingerprint density at radius 2 is 1.72 bits per heavy atom. The molecule has 0 saturated heterocycles. The minimum Gasteiger partial charge on any atom is -0.465 e. The second-order valence-electron chi connectivity index (χ2n) is 8.97. The number of hydrogen-bond acceptors (Lipinski definition) is 5. The summed E-state index contributed by atoms with van der Waals surface area (Å²) in [6, 6.07) is 18.9. The molecule has 2 heterocycles. The Labute approximate surface area is 219 Å². The molecule has 0 fully saturated rings. The van der Waals surface area contributed by atoms with E-state index < -0.39 is 29.9 Å². The van der Waals surface area contributed by atoms with Crippen LogP contribution in [0.15, 0.2) is 72.8 Å². The number of amides is 2. The van der Waals surface area contributed by atoms with Gasteiger partial charge in [-0.1, -0.05) is 54.6 Å². The number of halogens is 3. The SMILES string of the molecule is CN(C(=O)O)c1nc2ccc(C3(OC(=O)C(F)(F)F)c4ccccc4C(=O)N3Cc3ccccc3)cc2n1C. The number of rotatable bonds is 5. The summed E-state index contributed by atoms with van der Waals surface area (Å²) >= 11 is 0. The summed E-state index contributed by atoms with van der Waals surface area (Å²) < 4.78 is 47.7. The topological polar surface area (TPSA) is 105 Å². The first kappa shape index (κ1) is 25.8. The van der Waals surface area contributed by atoms with Crippen LogP contribution in [0.25, 0.3) is 11.0 Å². The molecule has 9 nitrogen and oxygen atoms in total. The fourth-order valence-corrected chi connectivity index (χ4v) is 4.79. The zero-order valence-corrected chi connectivity index (χ0v) is 20.6. The predicted molar refractivity (Wildman–Crippen MR) is 133 cm³/mol. The Hall–Kier alpha value is -4.87. The number of carbonyl (C=O) groups is 3. The Bertz CT molecular complexity index is 1620. The number of anilines is 1. The van der Waals surface area contributed by atoms with Crippen molar-refractivity contribution < 1.29 is 37.4 Å². The highest BCUT2D eigenvalue weighted by Gasteiger charge is 2.57. The molecule has 0 aliphatic carbocycles. The summed E-state index contributed by atoms with van der Waals surface area (Å²) in [5, 5.41) is 9.41. The van der Waals surface area contributed by atoms with Crippen LogP contribution in [0, 0.1) is 0 Å². The molecule has 1 aliphatic heterocycles. The number of benzene rings is 3. The Morgan fingerprint density at radius 1 is 1.05 bits per heavy atom. The summed E-state index contributed by atoms with van der Waals surface area (Å²) in [5.74, 6) is -3.04. The Morgan fingerprint density at radius 3 is 2.38 bits per heavy atom.